The van der Waals surface area contributed by atoms with Gasteiger partial charge in [-0.2, -0.15) is 0 Å². The van der Waals surface area contributed by atoms with Crippen molar-refractivity contribution in [2.75, 3.05) is 0 Å². The topological polar surface area (TPSA) is 40.5 Å². The van der Waals surface area contributed by atoms with Crippen LogP contribution in [0.15, 0.2) is 24.3 Å². The fourth-order valence-corrected chi connectivity index (χ4v) is 3.39. The molecule has 25 heavy (non-hydrogen) atoms. The zero-order valence-corrected chi connectivity index (χ0v) is 16.7. The zero-order chi connectivity index (χ0) is 18.9. The van der Waals surface area contributed by atoms with Crippen LogP contribution >= 0.6 is 0 Å². The molecule has 0 aliphatic rings. The molecule has 0 amide bonds. The predicted octanol–water partition coefficient (Wildman–Crippen LogP) is 5.80. The molecule has 0 radical (unpaired) electrons. The van der Waals surface area contributed by atoms with E-state index in [4.69, 9.17) is 0 Å². The van der Waals surface area contributed by atoms with Crippen LogP contribution in [0.25, 0.3) is 0 Å². The van der Waals surface area contributed by atoms with E-state index in [1.807, 2.05) is 13.8 Å². The first kappa shape index (κ1) is 19.4. The van der Waals surface area contributed by atoms with Gasteiger partial charge in [0.1, 0.15) is 11.5 Å². The summed E-state index contributed by atoms with van der Waals surface area (Å²) in [6, 6.07) is 8.38. The molecule has 2 rings (SSSR count). The molecule has 0 fully saturated rings. The Kier molecular flexibility index (Phi) is 5.51. The second kappa shape index (κ2) is 7.11. The highest BCUT2D eigenvalue weighted by Gasteiger charge is 2.20. The van der Waals surface area contributed by atoms with Gasteiger partial charge in [-0.25, -0.2) is 0 Å². The average Bonchev–Trinajstić information content (AvgIpc) is 2.46. The fraction of sp³-hybridized carbons (Fsp3) is 0.478. The molecule has 0 aromatic heterocycles. The van der Waals surface area contributed by atoms with E-state index in [0.717, 1.165) is 35.1 Å². The van der Waals surface area contributed by atoms with E-state index in [1.165, 1.54) is 11.1 Å². The van der Waals surface area contributed by atoms with Crippen LogP contribution in [0.5, 0.6) is 11.5 Å². The minimum absolute atomic E-state index is 0.0987. The summed E-state index contributed by atoms with van der Waals surface area (Å²) in [4.78, 5) is 0. The highest BCUT2D eigenvalue weighted by atomic mass is 16.3. The van der Waals surface area contributed by atoms with E-state index in [0.29, 0.717) is 17.4 Å². The molecule has 136 valence electrons. The Balaban J connectivity index is 2.43. The van der Waals surface area contributed by atoms with Gasteiger partial charge in [-0.05, 0) is 71.4 Å². The number of aromatic hydroxyl groups is 2. The third-order valence-corrected chi connectivity index (χ3v) is 4.64. The SMILES string of the molecule is Cc1cc(Cc2cc(C)c(O)c(C(C)(C)C)c2)cc(CC(C)C)c1O. The summed E-state index contributed by atoms with van der Waals surface area (Å²) >= 11 is 0. The molecule has 0 aliphatic heterocycles. The Bertz CT molecular complexity index is 765. The summed E-state index contributed by atoms with van der Waals surface area (Å²) in [7, 11) is 0. The third kappa shape index (κ3) is 4.56. The molecular formula is C23H32O2. The van der Waals surface area contributed by atoms with Crippen LogP contribution in [0, 0.1) is 19.8 Å². The van der Waals surface area contributed by atoms with Gasteiger partial charge in [-0.3, -0.25) is 0 Å². The second-order valence-electron chi connectivity index (χ2n) is 8.75. The lowest BCUT2D eigenvalue weighted by atomic mass is 9.83. The van der Waals surface area contributed by atoms with Gasteiger partial charge in [-0.15, -0.1) is 0 Å². The molecule has 0 heterocycles. The van der Waals surface area contributed by atoms with Crippen LogP contribution in [-0.4, -0.2) is 10.2 Å². The summed E-state index contributed by atoms with van der Waals surface area (Å²) in [5.74, 6) is 1.33. The maximum atomic E-state index is 10.4. The highest BCUT2D eigenvalue weighted by Crippen LogP contribution is 2.35. The van der Waals surface area contributed by atoms with Crippen LogP contribution in [0.2, 0.25) is 0 Å². The Morgan fingerprint density at radius 3 is 1.88 bits per heavy atom. The first-order chi connectivity index (χ1) is 11.5. The standard InChI is InChI=1S/C23H32O2/c1-14(2)8-19-12-17(9-15(3)21(19)24)11-18-10-16(4)22(25)20(13-18)23(5,6)7/h9-10,12-14,24-25H,8,11H2,1-7H3. The Hall–Kier alpha value is -1.96. The van der Waals surface area contributed by atoms with Crippen molar-refractivity contribution < 1.29 is 10.2 Å². The molecule has 0 unspecified atom stereocenters. The second-order valence-corrected chi connectivity index (χ2v) is 8.75. The maximum absolute atomic E-state index is 10.4. The van der Waals surface area contributed by atoms with Gasteiger partial charge in [0.05, 0.1) is 0 Å². The van der Waals surface area contributed by atoms with Crippen LogP contribution in [0.1, 0.15) is 68.0 Å². The van der Waals surface area contributed by atoms with Crippen molar-refractivity contribution in [1.29, 1.82) is 0 Å². The van der Waals surface area contributed by atoms with Gasteiger partial charge in [0.2, 0.25) is 0 Å². The molecule has 2 nitrogen and oxygen atoms in total. The summed E-state index contributed by atoms with van der Waals surface area (Å²) in [5.41, 5.74) is 6.16. The molecule has 0 aliphatic carbocycles. The van der Waals surface area contributed by atoms with E-state index in [9.17, 15) is 10.2 Å². The zero-order valence-electron chi connectivity index (χ0n) is 16.7. The molecule has 0 spiro atoms. The molecule has 0 saturated heterocycles. The molecule has 2 N–H and O–H groups in total. The molecular weight excluding hydrogens is 308 g/mol. The lowest BCUT2D eigenvalue weighted by Crippen LogP contribution is -2.12. The van der Waals surface area contributed by atoms with E-state index in [2.05, 4.69) is 58.9 Å². The van der Waals surface area contributed by atoms with Gasteiger partial charge in [0.25, 0.3) is 0 Å². The van der Waals surface area contributed by atoms with Gasteiger partial charge < -0.3 is 10.2 Å². The normalized spacial score (nSPS) is 12.0. The number of aryl methyl sites for hydroxylation is 2. The molecule has 0 bridgehead atoms. The van der Waals surface area contributed by atoms with Crippen molar-refractivity contribution in [2.45, 2.75) is 66.7 Å². The van der Waals surface area contributed by atoms with E-state index >= 15 is 0 Å². The lowest BCUT2D eigenvalue weighted by molar-refractivity contribution is 0.442. The monoisotopic (exact) mass is 340 g/mol. The van der Waals surface area contributed by atoms with Crippen LogP contribution in [0.3, 0.4) is 0 Å². The van der Waals surface area contributed by atoms with Crippen LogP contribution in [-0.2, 0) is 18.3 Å². The third-order valence-electron chi connectivity index (χ3n) is 4.64. The molecule has 2 heteroatoms. The van der Waals surface area contributed by atoms with Crippen molar-refractivity contribution in [2.24, 2.45) is 5.92 Å². The van der Waals surface area contributed by atoms with Gasteiger partial charge in [0, 0.05) is 0 Å². The number of benzene rings is 2. The van der Waals surface area contributed by atoms with E-state index in [1.54, 1.807) is 0 Å². The van der Waals surface area contributed by atoms with Crippen molar-refractivity contribution in [3.63, 3.8) is 0 Å². The van der Waals surface area contributed by atoms with Crippen molar-refractivity contribution in [1.82, 2.24) is 0 Å². The molecule has 0 atom stereocenters. The summed E-state index contributed by atoms with van der Waals surface area (Å²) < 4.78 is 0. The maximum Gasteiger partial charge on any atom is 0.122 e. The number of hydrogen-bond acceptors (Lipinski definition) is 2. The van der Waals surface area contributed by atoms with E-state index in [-0.39, 0.29) is 5.41 Å². The molecule has 0 saturated carbocycles. The molecule has 2 aromatic carbocycles. The smallest absolute Gasteiger partial charge is 0.122 e. The number of hydrogen-bond donors (Lipinski definition) is 2. The summed E-state index contributed by atoms with van der Waals surface area (Å²) in [6.45, 7) is 14.6. The minimum Gasteiger partial charge on any atom is -0.507 e. The first-order valence-electron chi connectivity index (χ1n) is 9.13. The Labute approximate surface area is 152 Å². The van der Waals surface area contributed by atoms with Gasteiger partial charge in [-0.1, -0.05) is 58.9 Å². The Morgan fingerprint density at radius 1 is 0.840 bits per heavy atom. The number of rotatable bonds is 4. The summed E-state index contributed by atoms with van der Waals surface area (Å²) in [6.07, 6.45) is 1.68. The highest BCUT2D eigenvalue weighted by molar-refractivity contribution is 5.49. The average molecular weight is 341 g/mol. The van der Waals surface area contributed by atoms with Crippen LogP contribution < -0.4 is 0 Å². The van der Waals surface area contributed by atoms with Crippen molar-refractivity contribution in [3.8, 4) is 11.5 Å². The van der Waals surface area contributed by atoms with Gasteiger partial charge >= 0.3 is 0 Å². The van der Waals surface area contributed by atoms with Gasteiger partial charge in [0.15, 0.2) is 0 Å². The number of phenolic OH excluding ortho intramolecular Hbond substituents is 2. The lowest BCUT2D eigenvalue weighted by Gasteiger charge is -2.23. The molecule has 2 aromatic rings. The summed E-state index contributed by atoms with van der Waals surface area (Å²) in [5, 5.41) is 20.7. The van der Waals surface area contributed by atoms with E-state index < -0.39 is 0 Å². The first-order valence-corrected chi connectivity index (χ1v) is 9.13. The largest absolute Gasteiger partial charge is 0.507 e. The Morgan fingerprint density at radius 2 is 1.36 bits per heavy atom. The van der Waals surface area contributed by atoms with Crippen molar-refractivity contribution >= 4 is 0 Å². The number of phenols is 2. The fourth-order valence-electron chi connectivity index (χ4n) is 3.39. The van der Waals surface area contributed by atoms with Crippen LogP contribution in [0.4, 0.5) is 0 Å². The van der Waals surface area contributed by atoms with Crippen molar-refractivity contribution in [3.05, 3.63) is 57.6 Å². The quantitative estimate of drug-likeness (QED) is 0.738. The minimum atomic E-state index is -0.0987. The predicted molar refractivity (Wildman–Crippen MR) is 106 cm³/mol.